The summed E-state index contributed by atoms with van der Waals surface area (Å²) in [6.07, 6.45) is 8.87. The largest absolute Gasteiger partial charge is 0.507 e. The zero-order valence-corrected chi connectivity index (χ0v) is 17.1. The van der Waals surface area contributed by atoms with Crippen LogP contribution in [0.25, 0.3) is 0 Å². The van der Waals surface area contributed by atoms with Crippen molar-refractivity contribution in [2.75, 3.05) is 0 Å². The van der Waals surface area contributed by atoms with E-state index in [-0.39, 0.29) is 28.4 Å². The predicted molar refractivity (Wildman–Crippen MR) is 115 cm³/mol. The molecule has 0 saturated carbocycles. The summed E-state index contributed by atoms with van der Waals surface area (Å²) in [5, 5.41) is 20.2. The highest BCUT2D eigenvalue weighted by Crippen LogP contribution is 2.37. The molecular formula is C24H23ClO5. The van der Waals surface area contributed by atoms with Gasteiger partial charge in [0.1, 0.15) is 23.2 Å². The number of carbonyl (C=O) groups is 2. The number of hydrogen-bond donors (Lipinski definition) is 2. The normalized spacial score (nSPS) is 20.0. The summed E-state index contributed by atoms with van der Waals surface area (Å²) < 4.78 is 5.72. The molecule has 0 saturated heterocycles. The topological polar surface area (TPSA) is 83.8 Å². The van der Waals surface area contributed by atoms with E-state index in [0.717, 1.165) is 18.1 Å². The fourth-order valence-corrected chi connectivity index (χ4v) is 3.56. The van der Waals surface area contributed by atoms with Crippen LogP contribution in [0.2, 0.25) is 5.02 Å². The smallest absolute Gasteiger partial charge is 0.342 e. The number of carbonyl (C=O) groups excluding carboxylic acids is 2. The fraction of sp³-hybridized carbons (Fsp3) is 0.250. The second-order valence-corrected chi connectivity index (χ2v) is 7.51. The summed E-state index contributed by atoms with van der Waals surface area (Å²) >= 11 is 6.17. The summed E-state index contributed by atoms with van der Waals surface area (Å²) in [4.78, 5) is 25.3. The van der Waals surface area contributed by atoms with Gasteiger partial charge in [0.25, 0.3) is 0 Å². The van der Waals surface area contributed by atoms with E-state index in [1.807, 2.05) is 42.5 Å². The first-order valence-corrected chi connectivity index (χ1v) is 10.2. The van der Waals surface area contributed by atoms with Gasteiger partial charge in [-0.15, -0.1) is 0 Å². The Labute approximate surface area is 180 Å². The maximum absolute atomic E-state index is 13.0. The van der Waals surface area contributed by atoms with Crippen LogP contribution in [-0.2, 0) is 22.4 Å². The summed E-state index contributed by atoms with van der Waals surface area (Å²) in [5.74, 6) is -1.96. The van der Waals surface area contributed by atoms with Crippen molar-refractivity contribution in [1.82, 2.24) is 0 Å². The summed E-state index contributed by atoms with van der Waals surface area (Å²) in [6.45, 7) is 0. The molecule has 2 aromatic rings. The van der Waals surface area contributed by atoms with Crippen LogP contribution in [-0.4, -0.2) is 28.1 Å². The number of cyclic esters (lactones) is 1. The van der Waals surface area contributed by atoms with E-state index < -0.39 is 23.6 Å². The molecule has 156 valence electrons. The number of aromatic hydroxyl groups is 2. The van der Waals surface area contributed by atoms with Crippen LogP contribution >= 0.6 is 11.6 Å². The molecule has 0 aromatic heterocycles. The standard InChI is InChI=1S/C24H23ClO5/c25-23-19-14-17(26)11-7-2-1-3-8-12-18(13-16-9-5-4-6-10-16)30-24(29)22(19)20(27)15-21(23)28/h3-11,15,18,27-28H,1-2,12-14H2/b8-3+,11-7+/t18-/m0/s1. The Hall–Kier alpha value is -3.05. The van der Waals surface area contributed by atoms with Gasteiger partial charge in [-0.3, -0.25) is 4.79 Å². The second-order valence-electron chi connectivity index (χ2n) is 7.13. The van der Waals surface area contributed by atoms with Gasteiger partial charge in [-0.25, -0.2) is 4.79 Å². The number of esters is 1. The SMILES string of the molecule is O=C1/C=C/CC/C=C/C[C@@H](Cc2ccccc2)OC(=O)c2c(O)cc(O)c(Cl)c2C1. The Morgan fingerprint density at radius 2 is 1.73 bits per heavy atom. The second kappa shape index (κ2) is 10.1. The van der Waals surface area contributed by atoms with E-state index >= 15 is 0 Å². The third-order valence-electron chi connectivity index (χ3n) is 4.83. The summed E-state index contributed by atoms with van der Waals surface area (Å²) in [7, 11) is 0. The molecule has 1 heterocycles. The lowest BCUT2D eigenvalue weighted by atomic mass is 9.99. The number of halogens is 1. The minimum absolute atomic E-state index is 0.0554. The minimum atomic E-state index is -0.785. The number of phenolic OH excluding ortho intramolecular Hbond substituents is 2. The molecule has 0 spiro atoms. The van der Waals surface area contributed by atoms with E-state index in [2.05, 4.69) is 0 Å². The molecule has 2 N–H and O–H groups in total. The van der Waals surface area contributed by atoms with Crippen molar-refractivity contribution in [1.29, 1.82) is 0 Å². The van der Waals surface area contributed by atoms with Crippen molar-refractivity contribution in [2.45, 2.75) is 38.2 Å². The van der Waals surface area contributed by atoms with Crippen molar-refractivity contribution < 1.29 is 24.5 Å². The van der Waals surface area contributed by atoms with E-state index in [1.54, 1.807) is 6.08 Å². The Kier molecular flexibility index (Phi) is 7.31. The molecule has 30 heavy (non-hydrogen) atoms. The molecule has 0 unspecified atom stereocenters. The lowest BCUT2D eigenvalue weighted by molar-refractivity contribution is -0.114. The number of allylic oxidation sites excluding steroid dienone is 3. The van der Waals surface area contributed by atoms with Gasteiger partial charge in [-0.05, 0) is 24.5 Å². The molecule has 3 rings (SSSR count). The molecule has 1 aliphatic heterocycles. The van der Waals surface area contributed by atoms with Crippen molar-refractivity contribution in [3.8, 4) is 11.5 Å². The molecule has 0 fully saturated rings. The molecule has 2 aromatic carbocycles. The minimum Gasteiger partial charge on any atom is -0.507 e. The molecule has 5 nitrogen and oxygen atoms in total. The molecule has 0 amide bonds. The predicted octanol–water partition coefficient (Wildman–Crippen LogP) is 4.93. The molecule has 0 radical (unpaired) electrons. The third-order valence-corrected chi connectivity index (χ3v) is 5.25. The number of hydrogen-bond acceptors (Lipinski definition) is 5. The molecular weight excluding hydrogens is 404 g/mol. The Bertz CT molecular complexity index is 979. The Morgan fingerprint density at radius 3 is 2.50 bits per heavy atom. The van der Waals surface area contributed by atoms with Gasteiger partial charge in [0.2, 0.25) is 0 Å². The average Bonchev–Trinajstić information content (AvgIpc) is 2.71. The van der Waals surface area contributed by atoms with Gasteiger partial charge in [0, 0.05) is 30.9 Å². The average molecular weight is 427 g/mol. The highest BCUT2D eigenvalue weighted by Gasteiger charge is 2.26. The van der Waals surface area contributed by atoms with Crippen molar-refractivity contribution in [2.24, 2.45) is 0 Å². The maximum Gasteiger partial charge on any atom is 0.342 e. The zero-order chi connectivity index (χ0) is 21.5. The van der Waals surface area contributed by atoms with Crippen molar-refractivity contribution in [3.63, 3.8) is 0 Å². The molecule has 0 aliphatic carbocycles. The number of benzene rings is 2. The van der Waals surface area contributed by atoms with E-state index in [9.17, 15) is 19.8 Å². The van der Waals surface area contributed by atoms with Gasteiger partial charge < -0.3 is 14.9 Å². The quantitative estimate of drug-likeness (QED) is 0.525. The number of phenols is 2. The van der Waals surface area contributed by atoms with Crippen LogP contribution in [0.15, 0.2) is 60.7 Å². The summed E-state index contributed by atoms with van der Waals surface area (Å²) in [6, 6.07) is 10.6. The molecule has 1 aliphatic rings. The zero-order valence-electron chi connectivity index (χ0n) is 16.4. The highest BCUT2D eigenvalue weighted by atomic mass is 35.5. The first kappa shape index (κ1) is 21.7. The monoisotopic (exact) mass is 426 g/mol. The highest BCUT2D eigenvalue weighted by molar-refractivity contribution is 6.33. The van der Waals surface area contributed by atoms with Gasteiger partial charge in [0.15, 0.2) is 5.78 Å². The van der Waals surface area contributed by atoms with Gasteiger partial charge in [-0.1, -0.05) is 60.2 Å². The lowest BCUT2D eigenvalue weighted by Gasteiger charge is -2.19. The van der Waals surface area contributed by atoms with E-state index in [1.165, 1.54) is 6.08 Å². The van der Waals surface area contributed by atoms with Gasteiger partial charge in [-0.2, -0.15) is 0 Å². The first-order valence-electron chi connectivity index (χ1n) is 9.78. The van der Waals surface area contributed by atoms with Crippen molar-refractivity contribution in [3.05, 3.63) is 82.4 Å². The summed E-state index contributed by atoms with van der Waals surface area (Å²) in [5.41, 5.74) is 0.870. The van der Waals surface area contributed by atoms with Crippen LogP contribution in [0.5, 0.6) is 11.5 Å². The number of ether oxygens (including phenoxy) is 1. The van der Waals surface area contributed by atoms with E-state index in [4.69, 9.17) is 16.3 Å². The van der Waals surface area contributed by atoms with Gasteiger partial charge >= 0.3 is 5.97 Å². The molecule has 1 atom stereocenters. The Balaban J connectivity index is 1.99. The van der Waals surface area contributed by atoms with Crippen molar-refractivity contribution >= 4 is 23.4 Å². The fourth-order valence-electron chi connectivity index (χ4n) is 3.34. The van der Waals surface area contributed by atoms with Crippen LogP contribution in [0.3, 0.4) is 0 Å². The molecule has 6 heteroatoms. The number of fused-ring (bicyclic) bond motifs is 1. The Morgan fingerprint density at radius 1 is 1.00 bits per heavy atom. The third kappa shape index (κ3) is 5.51. The van der Waals surface area contributed by atoms with E-state index in [0.29, 0.717) is 19.3 Å². The van der Waals surface area contributed by atoms with Gasteiger partial charge in [0.05, 0.1) is 5.02 Å². The van der Waals surface area contributed by atoms with Crippen LogP contribution < -0.4 is 0 Å². The lowest BCUT2D eigenvalue weighted by Crippen LogP contribution is -2.22. The maximum atomic E-state index is 13.0. The first-order chi connectivity index (χ1) is 14.5. The number of rotatable bonds is 2. The van der Waals surface area contributed by atoms with Crippen LogP contribution in [0.4, 0.5) is 0 Å². The number of ketones is 1. The molecule has 0 bridgehead atoms. The van der Waals surface area contributed by atoms with Crippen LogP contribution in [0, 0.1) is 0 Å². The van der Waals surface area contributed by atoms with Crippen LogP contribution in [0.1, 0.15) is 40.7 Å².